The number of hydrogen-bond donors (Lipinski definition) is 1. The van der Waals surface area contributed by atoms with Crippen LogP contribution in [0.1, 0.15) is 23.9 Å². The number of carbonyl (C=O) groups excluding carboxylic acids is 1. The first-order valence-corrected chi connectivity index (χ1v) is 7.15. The molecule has 1 N–H and O–H groups in total. The van der Waals surface area contributed by atoms with Crippen LogP contribution in [0.5, 0.6) is 0 Å². The minimum absolute atomic E-state index is 0.0647. The number of pyridine rings is 1. The van der Waals surface area contributed by atoms with Gasteiger partial charge in [0.2, 0.25) is 5.91 Å². The molecular weight excluding hydrogens is 258 g/mol. The highest BCUT2D eigenvalue weighted by atomic mass is 32.1. The summed E-state index contributed by atoms with van der Waals surface area (Å²) >= 11 is 1.57. The van der Waals surface area contributed by atoms with Gasteiger partial charge in [-0.15, -0.1) is 11.3 Å². The standard InChI is InChI=1S/C14H17N3OS/c1-3-6-16-13(18)9-12-10(2)17-14(19-12)11-4-7-15-8-5-11/h4-5,7-8H,3,6,9H2,1-2H3,(H,16,18). The summed E-state index contributed by atoms with van der Waals surface area (Å²) in [6, 6.07) is 3.86. The van der Waals surface area contributed by atoms with Gasteiger partial charge in [-0.3, -0.25) is 9.78 Å². The number of hydrogen-bond acceptors (Lipinski definition) is 4. The fourth-order valence-corrected chi connectivity index (χ4v) is 2.75. The molecule has 0 unspecified atom stereocenters. The minimum atomic E-state index is 0.0647. The van der Waals surface area contributed by atoms with Crippen molar-refractivity contribution < 1.29 is 4.79 Å². The van der Waals surface area contributed by atoms with Gasteiger partial charge < -0.3 is 5.32 Å². The van der Waals surface area contributed by atoms with E-state index in [-0.39, 0.29) is 5.91 Å². The second kappa shape index (κ2) is 6.43. The average Bonchev–Trinajstić information content (AvgIpc) is 2.79. The number of thiazole rings is 1. The van der Waals surface area contributed by atoms with E-state index in [1.807, 2.05) is 26.0 Å². The first kappa shape index (κ1) is 13.7. The smallest absolute Gasteiger partial charge is 0.225 e. The van der Waals surface area contributed by atoms with Crippen molar-refractivity contribution in [1.29, 1.82) is 0 Å². The summed E-state index contributed by atoms with van der Waals surface area (Å²) in [6.07, 6.45) is 4.86. The number of aryl methyl sites for hydroxylation is 1. The predicted molar refractivity (Wildman–Crippen MR) is 77.1 cm³/mol. The molecule has 0 aliphatic rings. The summed E-state index contributed by atoms with van der Waals surface area (Å²) < 4.78 is 0. The van der Waals surface area contributed by atoms with Gasteiger partial charge in [0.25, 0.3) is 0 Å². The molecule has 100 valence electrons. The van der Waals surface area contributed by atoms with Crippen molar-refractivity contribution in [3.05, 3.63) is 35.1 Å². The number of rotatable bonds is 5. The van der Waals surface area contributed by atoms with Crippen LogP contribution in [-0.2, 0) is 11.2 Å². The number of aromatic nitrogens is 2. The van der Waals surface area contributed by atoms with Gasteiger partial charge in [-0.25, -0.2) is 4.98 Å². The van der Waals surface area contributed by atoms with E-state index in [0.717, 1.165) is 34.1 Å². The second-order valence-electron chi connectivity index (χ2n) is 4.29. The summed E-state index contributed by atoms with van der Waals surface area (Å²) in [5.41, 5.74) is 1.98. The molecule has 0 bridgehead atoms. The Balaban J connectivity index is 2.11. The van der Waals surface area contributed by atoms with Crippen LogP contribution in [0.3, 0.4) is 0 Å². The van der Waals surface area contributed by atoms with E-state index in [4.69, 9.17) is 0 Å². The lowest BCUT2D eigenvalue weighted by Gasteiger charge is -2.01. The van der Waals surface area contributed by atoms with E-state index in [9.17, 15) is 4.79 Å². The van der Waals surface area contributed by atoms with Gasteiger partial charge in [0.15, 0.2) is 0 Å². The molecule has 0 saturated carbocycles. The fourth-order valence-electron chi connectivity index (χ4n) is 1.68. The Morgan fingerprint density at radius 2 is 2.11 bits per heavy atom. The van der Waals surface area contributed by atoms with Crippen LogP contribution in [0, 0.1) is 6.92 Å². The molecule has 0 aromatic carbocycles. The van der Waals surface area contributed by atoms with Crippen molar-refractivity contribution in [3.8, 4) is 10.6 Å². The van der Waals surface area contributed by atoms with Crippen molar-refractivity contribution >= 4 is 17.2 Å². The zero-order valence-corrected chi connectivity index (χ0v) is 12.0. The summed E-state index contributed by atoms with van der Waals surface area (Å²) in [4.78, 5) is 21.3. The lowest BCUT2D eigenvalue weighted by atomic mass is 10.2. The highest BCUT2D eigenvalue weighted by Crippen LogP contribution is 2.27. The Kier molecular flexibility index (Phi) is 4.63. The molecule has 2 heterocycles. The van der Waals surface area contributed by atoms with Crippen LogP contribution in [0.4, 0.5) is 0 Å². The lowest BCUT2D eigenvalue weighted by Crippen LogP contribution is -2.25. The first-order valence-electron chi connectivity index (χ1n) is 6.34. The molecule has 5 heteroatoms. The summed E-state index contributed by atoms with van der Waals surface area (Å²) in [6.45, 7) is 4.72. The molecule has 0 fully saturated rings. The Hall–Kier alpha value is -1.75. The minimum Gasteiger partial charge on any atom is -0.356 e. The molecule has 2 aromatic rings. The van der Waals surface area contributed by atoms with Crippen LogP contribution < -0.4 is 5.32 Å². The molecule has 0 saturated heterocycles. The molecule has 2 rings (SSSR count). The summed E-state index contributed by atoms with van der Waals surface area (Å²) in [5, 5.41) is 3.83. The molecule has 1 amide bonds. The SMILES string of the molecule is CCCNC(=O)Cc1sc(-c2ccncc2)nc1C. The third-order valence-electron chi connectivity index (χ3n) is 2.71. The van der Waals surface area contributed by atoms with E-state index < -0.39 is 0 Å². The molecule has 0 atom stereocenters. The normalized spacial score (nSPS) is 10.4. The predicted octanol–water partition coefficient (Wildman–Crippen LogP) is 2.58. The Morgan fingerprint density at radius 1 is 1.37 bits per heavy atom. The highest BCUT2D eigenvalue weighted by Gasteiger charge is 2.12. The highest BCUT2D eigenvalue weighted by molar-refractivity contribution is 7.15. The zero-order chi connectivity index (χ0) is 13.7. The van der Waals surface area contributed by atoms with Crippen molar-refractivity contribution in [2.24, 2.45) is 0 Å². The van der Waals surface area contributed by atoms with Crippen LogP contribution in [0.15, 0.2) is 24.5 Å². The largest absolute Gasteiger partial charge is 0.356 e. The molecule has 0 spiro atoms. The van der Waals surface area contributed by atoms with Gasteiger partial charge in [-0.2, -0.15) is 0 Å². The van der Waals surface area contributed by atoms with E-state index >= 15 is 0 Å². The lowest BCUT2D eigenvalue weighted by molar-refractivity contribution is -0.120. The molecule has 4 nitrogen and oxygen atoms in total. The number of carbonyl (C=O) groups is 1. The van der Waals surface area contributed by atoms with Crippen LogP contribution in [-0.4, -0.2) is 22.4 Å². The molecule has 0 radical (unpaired) electrons. The van der Waals surface area contributed by atoms with Crippen molar-refractivity contribution in [1.82, 2.24) is 15.3 Å². The van der Waals surface area contributed by atoms with Crippen LogP contribution >= 0.6 is 11.3 Å². The molecule has 0 aliphatic heterocycles. The Morgan fingerprint density at radius 3 is 2.79 bits per heavy atom. The fraction of sp³-hybridized carbons (Fsp3) is 0.357. The van der Waals surface area contributed by atoms with Crippen molar-refractivity contribution in [2.75, 3.05) is 6.54 Å². The van der Waals surface area contributed by atoms with Crippen molar-refractivity contribution in [2.45, 2.75) is 26.7 Å². The molecular formula is C14H17N3OS. The van der Waals surface area contributed by atoms with E-state index in [2.05, 4.69) is 15.3 Å². The Labute approximate surface area is 116 Å². The second-order valence-corrected chi connectivity index (χ2v) is 5.37. The molecule has 19 heavy (non-hydrogen) atoms. The average molecular weight is 275 g/mol. The van der Waals surface area contributed by atoms with E-state index in [1.54, 1.807) is 23.7 Å². The topological polar surface area (TPSA) is 54.9 Å². The van der Waals surface area contributed by atoms with Crippen LogP contribution in [0.2, 0.25) is 0 Å². The third kappa shape index (κ3) is 3.61. The van der Waals surface area contributed by atoms with E-state index in [1.165, 1.54) is 0 Å². The molecule has 0 aliphatic carbocycles. The first-order chi connectivity index (χ1) is 9.20. The third-order valence-corrected chi connectivity index (χ3v) is 3.92. The monoisotopic (exact) mass is 275 g/mol. The number of nitrogens with zero attached hydrogens (tertiary/aromatic N) is 2. The summed E-state index contributed by atoms with van der Waals surface area (Å²) in [7, 11) is 0. The van der Waals surface area contributed by atoms with Gasteiger partial charge in [0.05, 0.1) is 12.1 Å². The number of amides is 1. The number of nitrogens with one attached hydrogen (secondary N) is 1. The van der Waals surface area contributed by atoms with Crippen molar-refractivity contribution in [3.63, 3.8) is 0 Å². The summed E-state index contributed by atoms with van der Waals surface area (Å²) in [5.74, 6) is 0.0647. The van der Waals surface area contributed by atoms with Gasteiger partial charge >= 0.3 is 0 Å². The zero-order valence-electron chi connectivity index (χ0n) is 11.1. The molecule has 2 aromatic heterocycles. The Bertz CT molecular complexity index is 551. The quantitative estimate of drug-likeness (QED) is 0.912. The maximum atomic E-state index is 11.7. The maximum absolute atomic E-state index is 11.7. The van der Waals surface area contributed by atoms with E-state index in [0.29, 0.717) is 6.42 Å². The van der Waals surface area contributed by atoms with Gasteiger partial charge in [-0.1, -0.05) is 6.92 Å². The van der Waals surface area contributed by atoms with Gasteiger partial charge in [0, 0.05) is 29.4 Å². The maximum Gasteiger partial charge on any atom is 0.225 e. The van der Waals surface area contributed by atoms with Gasteiger partial charge in [0.1, 0.15) is 5.01 Å². The van der Waals surface area contributed by atoms with Crippen LogP contribution in [0.25, 0.3) is 10.6 Å². The van der Waals surface area contributed by atoms with Gasteiger partial charge in [-0.05, 0) is 25.5 Å².